The van der Waals surface area contributed by atoms with E-state index in [4.69, 9.17) is 10.5 Å². The fraction of sp³-hybridized carbons (Fsp3) is 0.125. The van der Waals surface area contributed by atoms with E-state index < -0.39 is 0 Å². The van der Waals surface area contributed by atoms with E-state index in [2.05, 4.69) is 16.3 Å². The summed E-state index contributed by atoms with van der Waals surface area (Å²) in [7, 11) is 0. The number of nitrogen functional groups attached to an aromatic ring is 1. The van der Waals surface area contributed by atoms with E-state index in [-0.39, 0.29) is 0 Å². The summed E-state index contributed by atoms with van der Waals surface area (Å²) in [6.45, 7) is 3.13. The summed E-state index contributed by atoms with van der Waals surface area (Å²) in [5, 5.41) is 19.6. The molecule has 0 spiro atoms. The van der Waals surface area contributed by atoms with E-state index in [0.717, 1.165) is 33.8 Å². The van der Waals surface area contributed by atoms with Crippen molar-refractivity contribution in [3.05, 3.63) is 90.5 Å². The number of nitrogens with two attached hydrogens (primary N) is 1. The van der Waals surface area contributed by atoms with Crippen LogP contribution in [0.3, 0.4) is 0 Å². The summed E-state index contributed by atoms with van der Waals surface area (Å²) in [5.41, 5.74) is 10.9. The molecule has 2 N–H and O–H groups in total. The highest BCUT2D eigenvalue weighted by atomic mass is 16.5. The van der Waals surface area contributed by atoms with Crippen molar-refractivity contribution < 1.29 is 4.74 Å². The molecule has 4 aromatic rings. The molecule has 0 aliphatic rings. The number of ether oxygens (including phenoxy) is 1. The molecular formula is C24H22N6O. The first-order valence-electron chi connectivity index (χ1n) is 9.92. The van der Waals surface area contributed by atoms with Gasteiger partial charge < -0.3 is 10.5 Å². The van der Waals surface area contributed by atoms with Crippen molar-refractivity contribution in [3.8, 4) is 22.9 Å². The lowest BCUT2D eigenvalue weighted by Gasteiger charge is -2.26. The number of aromatic nitrogens is 3. The van der Waals surface area contributed by atoms with Gasteiger partial charge in [-0.3, -0.25) is 5.01 Å². The van der Waals surface area contributed by atoms with Gasteiger partial charge in [-0.15, -0.1) is 10.2 Å². The third kappa shape index (κ3) is 4.49. The molecule has 0 bridgehead atoms. The second-order valence-electron chi connectivity index (χ2n) is 6.94. The molecule has 0 saturated heterocycles. The highest BCUT2D eigenvalue weighted by Gasteiger charge is 2.14. The number of hydrogen-bond acceptors (Lipinski definition) is 6. The zero-order valence-electron chi connectivity index (χ0n) is 17.1. The molecule has 7 nitrogen and oxygen atoms in total. The van der Waals surface area contributed by atoms with Gasteiger partial charge >= 0.3 is 0 Å². The van der Waals surface area contributed by atoms with Crippen molar-refractivity contribution in [2.45, 2.75) is 13.5 Å². The van der Waals surface area contributed by atoms with Crippen LogP contribution in [-0.2, 0) is 6.54 Å². The van der Waals surface area contributed by atoms with Gasteiger partial charge in [-0.25, -0.2) is 4.68 Å². The average molecular weight is 410 g/mol. The molecule has 0 aliphatic heterocycles. The SMILES string of the molecule is CCOc1ccc(-c2cc(N(Cc3ccc(N)cc3)n3cnnc3)ccc2C#N)cc1. The van der Waals surface area contributed by atoms with E-state index in [1.165, 1.54) is 0 Å². The summed E-state index contributed by atoms with van der Waals surface area (Å²) in [4.78, 5) is 0. The summed E-state index contributed by atoms with van der Waals surface area (Å²) in [5.74, 6) is 0.801. The van der Waals surface area contributed by atoms with Crippen molar-refractivity contribution in [2.75, 3.05) is 17.3 Å². The molecule has 154 valence electrons. The first-order valence-corrected chi connectivity index (χ1v) is 9.92. The minimum Gasteiger partial charge on any atom is -0.494 e. The van der Waals surface area contributed by atoms with Gasteiger partial charge in [0, 0.05) is 11.3 Å². The normalized spacial score (nSPS) is 10.5. The zero-order valence-corrected chi connectivity index (χ0v) is 17.1. The molecule has 1 aromatic heterocycles. The number of anilines is 2. The molecule has 0 fully saturated rings. The minimum atomic E-state index is 0.576. The monoisotopic (exact) mass is 410 g/mol. The van der Waals surface area contributed by atoms with Gasteiger partial charge in [0.25, 0.3) is 0 Å². The van der Waals surface area contributed by atoms with Crippen molar-refractivity contribution in [1.29, 1.82) is 5.26 Å². The number of rotatable bonds is 7. The topological polar surface area (TPSA) is 93.0 Å². The van der Waals surface area contributed by atoms with Crippen LogP contribution in [-0.4, -0.2) is 21.5 Å². The van der Waals surface area contributed by atoms with Crippen LogP contribution >= 0.6 is 0 Å². The van der Waals surface area contributed by atoms with Crippen LogP contribution in [0.15, 0.2) is 79.4 Å². The van der Waals surface area contributed by atoms with Gasteiger partial charge in [-0.2, -0.15) is 5.26 Å². The minimum absolute atomic E-state index is 0.576. The van der Waals surface area contributed by atoms with E-state index in [1.54, 1.807) is 12.7 Å². The quantitative estimate of drug-likeness (QED) is 0.458. The van der Waals surface area contributed by atoms with Crippen LogP contribution in [0.25, 0.3) is 11.1 Å². The zero-order chi connectivity index (χ0) is 21.6. The van der Waals surface area contributed by atoms with Crippen molar-refractivity contribution in [3.63, 3.8) is 0 Å². The number of hydrogen-bond donors (Lipinski definition) is 1. The van der Waals surface area contributed by atoms with E-state index in [0.29, 0.717) is 18.7 Å². The molecule has 0 atom stereocenters. The second-order valence-corrected chi connectivity index (χ2v) is 6.94. The Hall–Kier alpha value is -4.31. The van der Waals surface area contributed by atoms with Crippen LogP contribution < -0.4 is 15.5 Å². The Morgan fingerprint density at radius 1 is 1.00 bits per heavy atom. The van der Waals surface area contributed by atoms with E-state index in [9.17, 15) is 5.26 Å². The molecule has 0 radical (unpaired) electrons. The Labute approximate surface area is 180 Å². The predicted octanol–water partition coefficient (Wildman–Crippen LogP) is 4.27. The third-order valence-electron chi connectivity index (χ3n) is 4.90. The smallest absolute Gasteiger partial charge is 0.139 e. The molecular weight excluding hydrogens is 388 g/mol. The first kappa shape index (κ1) is 20.0. The summed E-state index contributed by atoms with van der Waals surface area (Å²) in [6.07, 6.45) is 3.29. The fourth-order valence-electron chi connectivity index (χ4n) is 3.35. The van der Waals surface area contributed by atoms with Crippen LogP contribution in [0.4, 0.5) is 11.4 Å². The van der Waals surface area contributed by atoms with Crippen LogP contribution in [0, 0.1) is 11.3 Å². The number of nitrogens with zero attached hydrogens (tertiary/aromatic N) is 5. The molecule has 0 unspecified atom stereocenters. The Morgan fingerprint density at radius 2 is 1.71 bits per heavy atom. The summed E-state index contributed by atoms with van der Waals surface area (Å²) in [6, 6.07) is 23.6. The molecule has 0 aliphatic carbocycles. The number of nitriles is 1. The lowest BCUT2D eigenvalue weighted by Crippen LogP contribution is -2.27. The maximum Gasteiger partial charge on any atom is 0.139 e. The van der Waals surface area contributed by atoms with E-state index >= 15 is 0 Å². The third-order valence-corrected chi connectivity index (χ3v) is 4.90. The van der Waals surface area contributed by atoms with Crippen molar-refractivity contribution in [2.24, 2.45) is 0 Å². The predicted molar refractivity (Wildman–Crippen MR) is 120 cm³/mol. The Balaban J connectivity index is 1.74. The first-order chi connectivity index (χ1) is 15.2. The molecule has 7 heteroatoms. The largest absolute Gasteiger partial charge is 0.494 e. The average Bonchev–Trinajstić information content (AvgIpc) is 3.34. The maximum atomic E-state index is 9.67. The molecule has 31 heavy (non-hydrogen) atoms. The van der Waals surface area contributed by atoms with Crippen LogP contribution in [0.2, 0.25) is 0 Å². The Kier molecular flexibility index (Phi) is 5.81. The summed E-state index contributed by atoms with van der Waals surface area (Å²) < 4.78 is 7.36. The van der Waals surface area contributed by atoms with Crippen LogP contribution in [0.1, 0.15) is 18.1 Å². The maximum absolute atomic E-state index is 9.67. The standard InChI is InChI=1S/C24H22N6O/c1-2-31-23-11-6-19(7-12-23)24-13-22(10-5-20(24)14-25)30(29-16-27-28-17-29)15-18-3-8-21(26)9-4-18/h3-13,16-17H,2,15,26H2,1H3. The molecule has 1 heterocycles. The van der Waals surface area contributed by atoms with Gasteiger partial charge in [-0.1, -0.05) is 24.3 Å². The van der Waals surface area contributed by atoms with E-state index in [1.807, 2.05) is 83.3 Å². The number of benzene rings is 3. The van der Waals surface area contributed by atoms with Gasteiger partial charge in [0.2, 0.25) is 0 Å². The van der Waals surface area contributed by atoms with Crippen molar-refractivity contribution >= 4 is 11.4 Å². The fourth-order valence-corrected chi connectivity index (χ4v) is 3.35. The van der Waals surface area contributed by atoms with Gasteiger partial charge in [0.1, 0.15) is 18.4 Å². The van der Waals surface area contributed by atoms with Gasteiger partial charge in [-0.05, 0) is 60.5 Å². The molecule has 0 amide bonds. The summed E-state index contributed by atoms with van der Waals surface area (Å²) >= 11 is 0. The molecule has 0 saturated carbocycles. The van der Waals surface area contributed by atoms with Crippen molar-refractivity contribution in [1.82, 2.24) is 14.9 Å². The molecule has 3 aromatic carbocycles. The second kappa shape index (κ2) is 9.01. The van der Waals surface area contributed by atoms with Gasteiger partial charge in [0.15, 0.2) is 0 Å². The molecule has 4 rings (SSSR count). The van der Waals surface area contributed by atoms with Crippen LogP contribution in [0.5, 0.6) is 5.75 Å². The highest BCUT2D eigenvalue weighted by molar-refractivity contribution is 5.75. The highest BCUT2D eigenvalue weighted by Crippen LogP contribution is 2.30. The lowest BCUT2D eigenvalue weighted by molar-refractivity contribution is 0.340. The lowest BCUT2D eigenvalue weighted by atomic mass is 9.99. The van der Waals surface area contributed by atoms with Gasteiger partial charge in [0.05, 0.1) is 30.5 Å². The Morgan fingerprint density at radius 3 is 2.35 bits per heavy atom. The Bertz CT molecular complexity index is 1180.